The number of anilines is 2. The first-order chi connectivity index (χ1) is 28.7. The Kier molecular flexibility index (Phi) is 10.5. The molecule has 59 heavy (non-hydrogen) atoms. The number of aromatic nitrogens is 2. The van der Waals surface area contributed by atoms with Gasteiger partial charge < -0.3 is 24.7 Å². The van der Waals surface area contributed by atoms with E-state index in [9.17, 15) is 23.3 Å². The van der Waals surface area contributed by atoms with Crippen LogP contribution in [0.3, 0.4) is 0 Å². The summed E-state index contributed by atoms with van der Waals surface area (Å²) in [6, 6.07) is 29.8. The van der Waals surface area contributed by atoms with E-state index in [1.54, 1.807) is 24.4 Å². The number of aromatic amines is 1. The summed E-state index contributed by atoms with van der Waals surface area (Å²) in [5.41, 5.74) is 5.88. The molecule has 4 aromatic carbocycles. The minimum Gasteiger partial charge on any atom is -0.455 e. The van der Waals surface area contributed by atoms with Crippen LogP contribution < -0.4 is 19.7 Å². The Morgan fingerprint density at radius 2 is 1.66 bits per heavy atom. The minimum absolute atomic E-state index is 0.0556. The van der Waals surface area contributed by atoms with Gasteiger partial charge in [0.2, 0.25) is 0 Å². The predicted octanol–water partition coefficient (Wildman–Crippen LogP) is 9.11. The molecule has 3 N–H and O–H groups in total. The van der Waals surface area contributed by atoms with Gasteiger partial charge >= 0.3 is 0 Å². The smallest absolute Gasteiger partial charge is 0.293 e. The molecule has 2 saturated heterocycles. The number of nitrogens with zero attached hydrogens (tertiary/aromatic N) is 3. The number of nitrogens with one attached hydrogen (secondary N) is 3. The van der Waals surface area contributed by atoms with Gasteiger partial charge in [0, 0.05) is 49.6 Å². The van der Waals surface area contributed by atoms with Crippen LogP contribution in [0.1, 0.15) is 72.0 Å². The fraction of sp³-hybridized carbons (Fsp3) is 0.289. The maximum absolute atomic E-state index is 13.9. The van der Waals surface area contributed by atoms with Crippen LogP contribution >= 0.6 is 0 Å². The normalized spacial score (nSPS) is 17.2. The molecule has 1 amide bonds. The highest BCUT2D eigenvalue weighted by atomic mass is 32.2. The Morgan fingerprint density at radius 3 is 2.42 bits per heavy atom. The molecule has 2 aliphatic heterocycles. The molecule has 0 radical (unpaired) electrons. The second kappa shape index (κ2) is 16.2. The number of fused-ring (bicyclic) bond motifs is 1. The average molecular weight is 813 g/mol. The van der Waals surface area contributed by atoms with Gasteiger partial charge in [-0.2, -0.15) is 0 Å². The minimum atomic E-state index is -4.56. The molecule has 1 saturated carbocycles. The number of sulfonamides is 1. The number of benzene rings is 4. The van der Waals surface area contributed by atoms with E-state index in [1.165, 1.54) is 48.4 Å². The van der Waals surface area contributed by atoms with Gasteiger partial charge in [-0.1, -0.05) is 42.5 Å². The van der Waals surface area contributed by atoms with Crippen molar-refractivity contribution in [1.29, 1.82) is 0 Å². The molecule has 2 aromatic heterocycles. The molecule has 0 spiro atoms. The first-order valence-electron chi connectivity index (χ1n) is 20.1. The van der Waals surface area contributed by atoms with Crippen LogP contribution in [-0.4, -0.2) is 55.5 Å². The van der Waals surface area contributed by atoms with Crippen molar-refractivity contribution in [2.75, 3.05) is 36.5 Å². The number of pyridine rings is 1. The van der Waals surface area contributed by atoms with Crippen LogP contribution in [0.25, 0.3) is 22.2 Å². The Hall–Kier alpha value is -6.25. The van der Waals surface area contributed by atoms with Crippen molar-refractivity contribution in [1.82, 2.24) is 14.7 Å². The number of rotatable bonds is 13. The van der Waals surface area contributed by atoms with Gasteiger partial charge in [0.25, 0.3) is 21.6 Å². The summed E-state index contributed by atoms with van der Waals surface area (Å²) in [7, 11) is -4.56. The Morgan fingerprint density at radius 1 is 0.898 bits per heavy atom. The van der Waals surface area contributed by atoms with E-state index in [0.717, 1.165) is 66.4 Å². The molecule has 4 heterocycles. The second-order valence-electron chi connectivity index (χ2n) is 15.5. The lowest BCUT2D eigenvalue weighted by molar-refractivity contribution is -0.384. The highest BCUT2D eigenvalue weighted by molar-refractivity contribution is 7.90. The maximum Gasteiger partial charge on any atom is 0.293 e. The molecular weight excluding hydrogens is 769 g/mol. The summed E-state index contributed by atoms with van der Waals surface area (Å²) < 4.78 is 41.1. The SMILES string of the molecule is O=C(NS(=O)(=O)c1ccc(NCC2CCOCC2)c([N+](=O)[O-])c1)c1ccc(-c2ccc(N3CCCC3c3ccc(C4CC4)cc3)cc2)cc1Oc1cnc2[nH]ccc2c1. The van der Waals surface area contributed by atoms with E-state index in [0.29, 0.717) is 37.2 Å². The third-order valence-corrected chi connectivity index (χ3v) is 12.9. The second-order valence-corrected chi connectivity index (χ2v) is 17.2. The molecule has 1 unspecified atom stereocenters. The van der Waals surface area contributed by atoms with E-state index in [1.807, 2.05) is 18.2 Å². The number of hydrogen-bond donors (Lipinski definition) is 3. The zero-order valence-electron chi connectivity index (χ0n) is 32.3. The van der Waals surface area contributed by atoms with Crippen LogP contribution in [0.5, 0.6) is 11.5 Å². The van der Waals surface area contributed by atoms with Crippen LogP contribution in [0.4, 0.5) is 17.1 Å². The predicted molar refractivity (Wildman–Crippen MR) is 226 cm³/mol. The monoisotopic (exact) mass is 812 g/mol. The van der Waals surface area contributed by atoms with Crippen molar-refractivity contribution >= 4 is 44.0 Å². The third-order valence-electron chi connectivity index (χ3n) is 11.6. The van der Waals surface area contributed by atoms with E-state index in [-0.39, 0.29) is 22.9 Å². The Labute approximate surface area is 342 Å². The quantitative estimate of drug-likeness (QED) is 0.0756. The summed E-state index contributed by atoms with van der Waals surface area (Å²) >= 11 is 0. The number of hydrogen-bond acceptors (Lipinski definition) is 10. The lowest BCUT2D eigenvalue weighted by atomic mass is 10.00. The number of nitro groups is 1. The topological polar surface area (TPSA) is 169 Å². The molecular formula is C45H44N6O7S. The summed E-state index contributed by atoms with van der Waals surface area (Å²) in [6.45, 7) is 2.70. The lowest BCUT2D eigenvalue weighted by Gasteiger charge is -2.27. The molecule has 302 valence electrons. The van der Waals surface area contributed by atoms with E-state index in [2.05, 4.69) is 61.3 Å². The third kappa shape index (κ3) is 8.36. The summed E-state index contributed by atoms with van der Waals surface area (Å²) in [4.78, 5) is 34.8. The van der Waals surface area contributed by atoms with E-state index < -0.39 is 31.4 Å². The number of H-pyrrole nitrogens is 1. The molecule has 1 aliphatic carbocycles. The molecule has 13 nitrogen and oxygen atoms in total. The molecule has 6 aromatic rings. The zero-order chi connectivity index (χ0) is 40.5. The van der Waals surface area contributed by atoms with Gasteiger partial charge in [-0.15, -0.1) is 0 Å². The van der Waals surface area contributed by atoms with Crippen molar-refractivity contribution in [3.8, 4) is 22.6 Å². The highest BCUT2D eigenvalue weighted by Crippen LogP contribution is 2.42. The first kappa shape index (κ1) is 38.3. The van der Waals surface area contributed by atoms with Crippen LogP contribution in [0.15, 0.2) is 114 Å². The number of ether oxygens (including phenoxy) is 2. The zero-order valence-corrected chi connectivity index (χ0v) is 33.1. The molecule has 1 atom stereocenters. The first-order valence-corrected chi connectivity index (χ1v) is 21.6. The molecule has 14 heteroatoms. The van der Waals surface area contributed by atoms with Gasteiger partial charge in [0.1, 0.15) is 22.8 Å². The molecule has 3 fully saturated rings. The highest BCUT2D eigenvalue weighted by Gasteiger charge is 2.29. The number of amides is 1. The van der Waals surface area contributed by atoms with Crippen molar-refractivity contribution in [3.05, 3.63) is 136 Å². The number of carbonyl (C=O) groups excluding carboxylic acids is 1. The molecule has 0 bridgehead atoms. The van der Waals surface area contributed by atoms with Crippen molar-refractivity contribution < 1.29 is 27.6 Å². The van der Waals surface area contributed by atoms with Gasteiger partial charge in [0.05, 0.1) is 27.6 Å². The number of nitro benzene ring substituents is 1. The largest absolute Gasteiger partial charge is 0.455 e. The van der Waals surface area contributed by atoms with E-state index >= 15 is 0 Å². The van der Waals surface area contributed by atoms with Crippen LogP contribution in [0.2, 0.25) is 0 Å². The van der Waals surface area contributed by atoms with Crippen molar-refractivity contribution in [3.63, 3.8) is 0 Å². The van der Waals surface area contributed by atoms with Crippen molar-refractivity contribution in [2.24, 2.45) is 5.92 Å². The Bertz CT molecular complexity index is 2620. The lowest BCUT2D eigenvalue weighted by Crippen LogP contribution is -2.31. The van der Waals surface area contributed by atoms with Crippen LogP contribution in [0, 0.1) is 16.0 Å². The average Bonchev–Trinajstić information content (AvgIpc) is 3.80. The summed E-state index contributed by atoms with van der Waals surface area (Å²) in [6.07, 6.45) is 9.68. The van der Waals surface area contributed by atoms with Gasteiger partial charge in [0.15, 0.2) is 0 Å². The van der Waals surface area contributed by atoms with Crippen molar-refractivity contribution in [2.45, 2.75) is 55.4 Å². The Balaban J connectivity index is 0.968. The molecule has 3 aliphatic rings. The van der Waals surface area contributed by atoms with Gasteiger partial charge in [-0.3, -0.25) is 14.9 Å². The standard InChI is InChI=1S/C45H44N6O7S/c52-45(49-59(55,56)38-14-16-40(42(26-38)51(53)54)47-27-29-18-22-57-23-19-29)39-15-11-34(25-43(39)58-37-24-35-17-20-46-44(35)48-28-37)32-9-12-36(13-10-32)50-21-1-2-41(50)33-7-5-31(6-8-33)30-3-4-30/h5-17,20,24-26,28-30,41,47H,1-4,18-19,21-23,27H2,(H,46,48)(H,49,52). The maximum atomic E-state index is 13.9. The number of carbonyl (C=O) groups is 1. The summed E-state index contributed by atoms with van der Waals surface area (Å²) in [5, 5.41) is 15.9. The fourth-order valence-corrected chi connectivity index (χ4v) is 9.16. The molecule has 9 rings (SSSR count). The van der Waals surface area contributed by atoms with Gasteiger partial charge in [-0.25, -0.2) is 18.1 Å². The van der Waals surface area contributed by atoms with Crippen LogP contribution in [-0.2, 0) is 14.8 Å². The summed E-state index contributed by atoms with van der Waals surface area (Å²) in [5.74, 6) is 0.474. The van der Waals surface area contributed by atoms with Gasteiger partial charge in [-0.05, 0) is 121 Å². The van der Waals surface area contributed by atoms with E-state index in [4.69, 9.17) is 9.47 Å². The fourth-order valence-electron chi connectivity index (χ4n) is 8.17.